The monoisotopic (exact) mass is 461 g/mol. The third-order valence-electron chi connectivity index (χ3n) is 6.09. The summed E-state index contributed by atoms with van der Waals surface area (Å²) in [4.78, 5) is 45.8. The van der Waals surface area contributed by atoms with Crippen LogP contribution in [0.1, 0.15) is 21.5 Å². The summed E-state index contributed by atoms with van der Waals surface area (Å²) in [5.41, 5.74) is 1.25. The molecule has 2 fully saturated rings. The van der Waals surface area contributed by atoms with Gasteiger partial charge in [-0.3, -0.25) is 19.9 Å². The lowest BCUT2D eigenvalue weighted by Gasteiger charge is -2.28. The number of hydrogen-bond donors (Lipinski definition) is 2. The fourth-order valence-corrected chi connectivity index (χ4v) is 4.28. The number of urea groups is 1. The topological polar surface area (TPSA) is 113 Å². The molecule has 34 heavy (non-hydrogen) atoms. The number of anilines is 1. The first-order chi connectivity index (χ1) is 16.5. The molecular weight excluding hydrogens is 438 g/mol. The molecule has 0 radical (unpaired) electrons. The Labute approximate surface area is 196 Å². The highest BCUT2D eigenvalue weighted by molar-refractivity contribution is 6.10. The Morgan fingerprint density at radius 1 is 1.18 bits per heavy atom. The molecule has 3 aliphatic heterocycles. The van der Waals surface area contributed by atoms with Gasteiger partial charge in [-0.15, -0.1) is 0 Å². The second-order valence-electron chi connectivity index (χ2n) is 8.28. The molecule has 0 unspecified atom stereocenters. The van der Waals surface area contributed by atoms with Crippen molar-refractivity contribution in [3.63, 3.8) is 0 Å². The van der Waals surface area contributed by atoms with Crippen molar-refractivity contribution in [1.29, 1.82) is 0 Å². The van der Waals surface area contributed by atoms with Gasteiger partial charge in [-0.05, 0) is 23.8 Å². The number of pyridine rings is 1. The minimum atomic E-state index is -1.58. The van der Waals surface area contributed by atoms with Gasteiger partial charge in [0.05, 0.1) is 38.8 Å². The highest BCUT2D eigenvalue weighted by Gasteiger charge is 2.48. The zero-order chi connectivity index (χ0) is 23.7. The predicted molar refractivity (Wildman–Crippen MR) is 121 cm³/mol. The molecule has 3 aliphatic rings. The number of benzene rings is 1. The summed E-state index contributed by atoms with van der Waals surface area (Å²) in [5.74, 6) is 5.63. The van der Waals surface area contributed by atoms with E-state index < -0.39 is 17.5 Å². The molecule has 2 saturated heterocycles. The zero-order valence-corrected chi connectivity index (χ0v) is 18.6. The number of nitrogens with one attached hydrogen (secondary N) is 2. The number of nitrogens with zero attached hydrogens (tertiary/aromatic N) is 3. The summed E-state index contributed by atoms with van der Waals surface area (Å²) in [6, 6.07) is 6.51. The van der Waals surface area contributed by atoms with Crippen LogP contribution in [0.4, 0.5) is 10.5 Å². The number of ether oxygens (including phenoxy) is 2. The van der Waals surface area contributed by atoms with E-state index in [9.17, 15) is 14.4 Å². The van der Waals surface area contributed by atoms with E-state index in [4.69, 9.17) is 9.47 Å². The maximum Gasteiger partial charge on any atom is 0.323 e. The molecule has 4 heterocycles. The second kappa shape index (κ2) is 8.68. The Bertz CT molecular complexity index is 1230. The van der Waals surface area contributed by atoms with Crippen molar-refractivity contribution in [1.82, 2.24) is 20.5 Å². The van der Waals surface area contributed by atoms with E-state index >= 15 is 0 Å². The van der Waals surface area contributed by atoms with Gasteiger partial charge in [0.25, 0.3) is 11.8 Å². The second-order valence-corrected chi connectivity index (χ2v) is 8.28. The van der Waals surface area contributed by atoms with Crippen LogP contribution in [0.25, 0.3) is 0 Å². The van der Waals surface area contributed by atoms with E-state index in [1.165, 1.54) is 12.0 Å². The number of fused-ring (bicyclic) bond motifs is 1. The Morgan fingerprint density at radius 3 is 2.74 bits per heavy atom. The fraction of sp³-hybridized carbons (Fsp3) is 0.333. The van der Waals surface area contributed by atoms with Gasteiger partial charge in [0.15, 0.2) is 0 Å². The SMILES string of the molecule is COc1ccc2c(c1)C(=O)N(C[C@@]1(C#Cc3cncc(N4CCOCC4)c3)NC(=O)NC1=O)C2. The average Bonchev–Trinajstić information content (AvgIpc) is 3.32. The van der Waals surface area contributed by atoms with Crippen LogP contribution < -0.4 is 20.3 Å². The molecule has 174 valence electrons. The van der Waals surface area contributed by atoms with Crippen molar-refractivity contribution in [2.45, 2.75) is 12.1 Å². The number of amides is 4. The van der Waals surface area contributed by atoms with Crippen molar-refractivity contribution in [2.24, 2.45) is 0 Å². The largest absolute Gasteiger partial charge is 0.497 e. The Kier molecular flexibility index (Phi) is 5.55. The number of carbonyl (C=O) groups excluding carboxylic acids is 3. The van der Waals surface area contributed by atoms with Crippen LogP contribution in [0.15, 0.2) is 36.7 Å². The molecule has 0 bridgehead atoms. The predicted octanol–water partition coefficient (Wildman–Crippen LogP) is 0.513. The molecule has 0 spiro atoms. The van der Waals surface area contributed by atoms with Crippen molar-refractivity contribution >= 4 is 23.5 Å². The van der Waals surface area contributed by atoms with Gasteiger partial charge >= 0.3 is 6.03 Å². The van der Waals surface area contributed by atoms with Gasteiger partial charge in [0.1, 0.15) is 5.75 Å². The first-order valence-electron chi connectivity index (χ1n) is 10.9. The van der Waals surface area contributed by atoms with Crippen LogP contribution in [0.5, 0.6) is 5.75 Å². The van der Waals surface area contributed by atoms with E-state index in [1.54, 1.807) is 24.5 Å². The summed E-state index contributed by atoms with van der Waals surface area (Å²) in [6.45, 7) is 3.00. The van der Waals surface area contributed by atoms with E-state index in [-0.39, 0.29) is 12.5 Å². The first kappa shape index (κ1) is 21.7. The summed E-state index contributed by atoms with van der Waals surface area (Å²) in [7, 11) is 1.53. The molecule has 10 nitrogen and oxygen atoms in total. The number of aromatic nitrogens is 1. The molecule has 0 aliphatic carbocycles. The summed E-state index contributed by atoms with van der Waals surface area (Å²) >= 11 is 0. The van der Waals surface area contributed by atoms with Crippen LogP contribution >= 0.6 is 0 Å². The molecule has 0 saturated carbocycles. The van der Waals surface area contributed by atoms with Crippen LogP contribution in [0.3, 0.4) is 0 Å². The van der Waals surface area contributed by atoms with Crippen molar-refractivity contribution in [3.05, 3.63) is 53.3 Å². The number of imide groups is 1. The minimum absolute atomic E-state index is 0.0933. The number of rotatable bonds is 4. The minimum Gasteiger partial charge on any atom is -0.497 e. The van der Waals surface area contributed by atoms with E-state index in [2.05, 4.69) is 32.4 Å². The van der Waals surface area contributed by atoms with E-state index in [0.29, 0.717) is 36.6 Å². The molecule has 2 aromatic rings. The summed E-state index contributed by atoms with van der Waals surface area (Å²) < 4.78 is 10.6. The van der Waals surface area contributed by atoms with Crippen LogP contribution in [-0.4, -0.2) is 73.2 Å². The molecule has 2 N–H and O–H groups in total. The first-order valence-corrected chi connectivity index (χ1v) is 10.9. The van der Waals surface area contributed by atoms with Gasteiger partial charge < -0.3 is 24.6 Å². The van der Waals surface area contributed by atoms with Gasteiger partial charge in [-0.2, -0.15) is 0 Å². The van der Waals surface area contributed by atoms with Crippen molar-refractivity contribution < 1.29 is 23.9 Å². The van der Waals surface area contributed by atoms with Gasteiger partial charge in [-0.25, -0.2) is 4.79 Å². The third-order valence-corrected chi connectivity index (χ3v) is 6.09. The maximum absolute atomic E-state index is 13.0. The lowest BCUT2D eigenvalue weighted by molar-refractivity contribution is -0.122. The normalized spacial score (nSPS) is 21.5. The van der Waals surface area contributed by atoms with E-state index in [1.807, 2.05) is 12.1 Å². The zero-order valence-electron chi connectivity index (χ0n) is 18.6. The Hall–Kier alpha value is -4.10. The number of morpholine rings is 1. The number of methoxy groups -OCH3 is 1. The van der Waals surface area contributed by atoms with Crippen LogP contribution in [-0.2, 0) is 16.1 Å². The van der Waals surface area contributed by atoms with Gasteiger partial charge in [0, 0.05) is 37.0 Å². The summed E-state index contributed by atoms with van der Waals surface area (Å²) in [5, 5.41) is 4.87. The lowest BCUT2D eigenvalue weighted by Crippen LogP contribution is -2.54. The fourth-order valence-electron chi connectivity index (χ4n) is 4.28. The van der Waals surface area contributed by atoms with Crippen molar-refractivity contribution in [2.75, 3.05) is 44.9 Å². The van der Waals surface area contributed by atoms with E-state index in [0.717, 1.165) is 24.3 Å². The quantitative estimate of drug-likeness (QED) is 0.504. The third kappa shape index (κ3) is 4.02. The molecule has 1 aromatic heterocycles. The molecule has 10 heteroatoms. The highest BCUT2D eigenvalue weighted by Crippen LogP contribution is 2.28. The smallest absolute Gasteiger partial charge is 0.323 e. The van der Waals surface area contributed by atoms with Gasteiger partial charge in [-0.1, -0.05) is 17.9 Å². The lowest BCUT2D eigenvalue weighted by atomic mass is 9.99. The average molecular weight is 461 g/mol. The molecule has 4 amide bonds. The molecule has 1 atom stereocenters. The number of carbonyl (C=O) groups is 3. The highest BCUT2D eigenvalue weighted by atomic mass is 16.5. The van der Waals surface area contributed by atoms with Crippen molar-refractivity contribution in [3.8, 4) is 17.6 Å². The summed E-state index contributed by atoms with van der Waals surface area (Å²) in [6.07, 6.45) is 3.35. The maximum atomic E-state index is 13.0. The molecular formula is C24H23N5O5. The molecule has 5 rings (SSSR count). The van der Waals surface area contributed by atoms with Crippen LogP contribution in [0.2, 0.25) is 0 Å². The van der Waals surface area contributed by atoms with Gasteiger partial charge in [0.2, 0.25) is 5.54 Å². The van der Waals surface area contributed by atoms with Crippen LogP contribution in [0, 0.1) is 11.8 Å². The molecule has 1 aromatic carbocycles. The standard InChI is InChI=1S/C24H23N5O5/c1-33-19-3-2-17-14-29(21(30)20(17)11-19)15-24(22(31)26-23(32)27-24)5-4-16-10-18(13-25-12-16)28-6-8-34-9-7-28/h2-3,10-13H,6-9,14-15H2,1H3,(H2,26,27,31,32)/t24-/m1/s1. The Morgan fingerprint density at radius 2 is 2.00 bits per heavy atom. The Balaban J connectivity index is 1.42. The number of hydrogen-bond acceptors (Lipinski definition) is 7.